The number of hydrogen-bond donors (Lipinski definition) is 1. The molecule has 1 heterocycles. The van der Waals surface area contributed by atoms with Crippen molar-refractivity contribution in [2.45, 2.75) is 0 Å². The summed E-state index contributed by atoms with van der Waals surface area (Å²) in [7, 11) is 0. The summed E-state index contributed by atoms with van der Waals surface area (Å²) in [5, 5.41) is 10.6. The first-order valence-electron chi connectivity index (χ1n) is 4.73. The number of nitro groups is 1. The van der Waals surface area contributed by atoms with Crippen LogP contribution >= 0.6 is 11.3 Å². The molecule has 0 saturated heterocycles. The number of nitrogens with zero attached hydrogens (tertiary/aromatic N) is 1. The quantitative estimate of drug-likeness (QED) is 0.668. The molecule has 2 aromatic rings. The molecule has 86 valence electrons. The van der Waals surface area contributed by atoms with E-state index in [9.17, 15) is 14.9 Å². The summed E-state index contributed by atoms with van der Waals surface area (Å²) in [6, 6.07) is 9.81. The molecule has 1 aromatic heterocycles. The van der Waals surface area contributed by atoms with Crippen LogP contribution in [-0.2, 0) is 0 Å². The van der Waals surface area contributed by atoms with Crippen molar-refractivity contribution in [1.29, 1.82) is 0 Å². The Morgan fingerprint density at radius 3 is 2.53 bits per heavy atom. The molecule has 0 spiro atoms. The molecule has 17 heavy (non-hydrogen) atoms. The van der Waals surface area contributed by atoms with Crippen LogP contribution in [0.5, 0.6) is 0 Å². The SMILES string of the molecule is NC(=O)c1ccccc1-c1ccc([N+](=O)[O-])s1. The number of nitrogens with two attached hydrogens (primary N) is 1. The minimum atomic E-state index is -0.545. The van der Waals surface area contributed by atoms with Crippen LogP contribution in [0, 0.1) is 10.1 Å². The second kappa shape index (κ2) is 4.34. The zero-order chi connectivity index (χ0) is 12.4. The fourth-order valence-corrected chi connectivity index (χ4v) is 2.34. The molecule has 0 saturated carbocycles. The minimum absolute atomic E-state index is 0.0410. The molecule has 0 aliphatic heterocycles. The van der Waals surface area contributed by atoms with E-state index in [4.69, 9.17) is 5.73 Å². The third-order valence-electron chi connectivity index (χ3n) is 2.23. The maximum absolute atomic E-state index is 11.2. The summed E-state index contributed by atoms with van der Waals surface area (Å²) >= 11 is 1.02. The van der Waals surface area contributed by atoms with Gasteiger partial charge in [-0.3, -0.25) is 14.9 Å². The van der Waals surface area contributed by atoms with Crippen molar-refractivity contribution >= 4 is 22.2 Å². The lowest BCUT2D eigenvalue weighted by Gasteiger charge is -2.02. The molecular weight excluding hydrogens is 240 g/mol. The molecular formula is C11H8N2O3S. The van der Waals surface area contributed by atoms with Gasteiger partial charge in [0.15, 0.2) is 0 Å². The van der Waals surface area contributed by atoms with E-state index < -0.39 is 10.8 Å². The number of carbonyl (C=O) groups is 1. The number of carbonyl (C=O) groups excluding carboxylic acids is 1. The minimum Gasteiger partial charge on any atom is -0.366 e. The Bertz CT molecular complexity index is 592. The van der Waals surface area contributed by atoms with Gasteiger partial charge >= 0.3 is 5.00 Å². The van der Waals surface area contributed by atoms with Crippen LogP contribution in [0.1, 0.15) is 10.4 Å². The Kier molecular flexibility index (Phi) is 2.88. The molecule has 0 bridgehead atoms. The number of amides is 1. The lowest BCUT2D eigenvalue weighted by molar-refractivity contribution is -0.380. The molecule has 5 nitrogen and oxygen atoms in total. The zero-order valence-corrected chi connectivity index (χ0v) is 9.44. The van der Waals surface area contributed by atoms with Crippen molar-refractivity contribution < 1.29 is 9.72 Å². The van der Waals surface area contributed by atoms with E-state index in [0.29, 0.717) is 16.0 Å². The summed E-state index contributed by atoms with van der Waals surface area (Å²) in [5.74, 6) is -0.545. The zero-order valence-electron chi connectivity index (χ0n) is 8.62. The molecule has 2 N–H and O–H groups in total. The Labute approximate surface area is 101 Å². The van der Waals surface area contributed by atoms with Gasteiger partial charge in [-0.2, -0.15) is 0 Å². The van der Waals surface area contributed by atoms with Crippen molar-refractivity contribution in [3.8, 4) is 10.4 Å². The molecule has 6 heteroatoms. The largest absolute Gasteiger partial charge is 0.366 e. The first-order chi connectivity index (χ1) is 8.09. The summed E-state index contributed by atoms with van der Waals surface area (Å²) in [5.41, 5.74) is 6.24. The highest BCUT2D eigenvalue weighted by Gasteiger charge is 2.15. The highest BCUT2D eigenvalue weighted by Crippen LogP contribution is 2.34. The summed E-state index contributed by atoms with van der Waals surface area (Å²) in [6.45, 7) is 0. The van der Waals surface area contributed by atoms with E-state index in [1.165, 1.54) is 6.07 Å². The standard InChI is InChI=1S/C11H8N2O3S/c12-11(14)8-4-2-1-3-7(8)9-5-6-10(17-9)13(15)16/h1-6H,(H2,12,14). The van der Waals surface area contributed by atoms with Crippen LogP contribution in [0.2, 0.25) is 0 Å². The molecule has 0 radical (unpaired) electrons. The third-order valence-corrected chi connectivity index (χ3v) is 3.30. The van der Waals surface area contributed by atoms with Gasteiger partial charge in [0.25, 0.3) is 0 Å². The average molecular weight is 248 g/mol. The summed E-state index contributed by atoms with van der Waals surface area (Å²) in [4.78, 5) is 22.0. The lowest BCUT2D eigenvalue weighted by Crippen LogP contribution is -2.11. The van der Waals surface area contributed by atoms with Gasteiger partial charge in [-0.15, -0.1) is 0 Å². The Morgan fingerprint density at radius 2 is 1.94 bits per heavy atom. The Morgan fingerprint density at radius 1 is 1.24 bits per heavy atom. The topological polar surface area (TPSA) is 86.2 Å². The molecule has 1 amide bonds. The van der Waals surface area contributed by atoms with Crippen molar-refractivity contribution in [2.75, 3.05) is 0 Å². The first kappa shape index (κ1) is 11.3. The van der Waals surface area contributed by atoms with Gasteiger partial charge in [-0.1, -0.05) is 29.5 Å². The van der Waals surface area contributed by atoms with Gasteiger partial charge < -0.3 is 5.73 Å². The molecule has 0 atom stereocenters. The van der Waals surface area contributed by atoms with Crippen molar-refractivity contribution in [2.24, 2.45) is 5.73 Å². The van der Waals surface area contributed by atoms with Crippen molar-refractivity contribution in [3.05, 3.63) is 52.1 Å². The van der Waals surface area contributed by atoms with E-state index in [0.717, 1.165) is 11.3 Å². The second-order valence-corrected chi connectivity index (χ2v) is 4.37. The smallest absolute Gasteiger partial charge is 0.324 e. The van der Waals surface area contributed by atoms with Gasteiger partial charge in [0.1, 0.15) is 0 Å². The highest BCUT2D eigenvalue weighted by atomic mass is 32.1. The lowest BCUT2D eigenvalue weighted by atomic mass is 10.1. The average Bonchev–Trinajstić information content (AvgIpc) is 2.78. The highest BCUT2D eigenvalue weighted by molar-refractivity contribution is 7.18. The van der Waals surface area contributed by atoms with E-state index in [-0.39, 0.29) is 5.00 Å². The van der Waals surface area contributed by atoms with Crippen molar-refractivity contribution in [1.82, 2.24) is 0 Å². The van der Waals surface area contributed by atoms with Gasteiger partial charge in [-0.05, 0) is 12.1 Å². The predicted octanol–water partition coefficient (Wildman–Crippen LogP) is 2.42. The monoisotopic (exact) mass is 248 g/mol. The van der Waals surface area contributed by atoms with Crippen LogP contribution < -0.4 is 5.73 Å². The molecule has 0 unspecified atom stereocenters. The van der Waals surface area contributed by atoms with E-state index in [1.54, 1.807) is 30.3 Å². The van der Waals surface area contributed by atoms with Crippen LogP contribution in [0.3, 0.4) is 0 Å². The third kappa shape index (κ3) is 2.16. The summed E-state index contributed by atoms with van der Waals surface area (Å²) < 4.78 is 0. The fraction of sp³-hybridized carbons (Fsp3) is 0. The molecule has 1 aromatic carbocycles. The Balaban J connectivity index is 2.52. The summed E-state index contributed by atoms with van der Waals surface area (Å²) in [6.07, 6.45) is 0. The Hall–Kier alpha value is -2.21. The molecule has 0 fully saturated rings. The molecule has 0 aliphatic carbocycles. The molecule has 0 aliphatic rings. The first-order valence-corrected chi connectivity index (χ1v) is 5.54. The maximum atomic E-state index is 11.2. The fourth-order valence-electron chi connectivity index (χ4n) is 1.48. The molecule has 2 rings (SSSR count). The van der Waals surface area contributed by atoms with Gasteiger partial charge in [0.2, 0.25) is 5.91 Å². The van der Waals surface area contributed by atoms with Crippen LogP contribution in [0.4, 0.5) is 5.00 Å². The van der Waals surface area contributed by atoms with Crippen LogP contribution in [-0.4, -0.2) is 10.8 Å². The predicted molar refractivity (Wildman–Crippen MR) is 64.9 cm³/mol. The number of hydrogen-bond acceptors (Lipinski definition) is 4. The van der Waals surface area contributed by atoms with Gasteiger partial charge in [-0.25, -0.2) is 0 Å². The maximum Gasteiger partial charge on any atom is 0.324 e. The number of rotatable bonds is 3. The number of thiophene rings is 1. The normalized spacial score (nSPS) is 10.1. The second-order valence-electron chi connectivity index (χ2n) is 3.30. The van der Waals surface area contributed by atoms with E-state index in [1.807, 2.05) is 0 Å². The van der Waals surface area contributed by atoms with E-state index in [2.05, 4.69) is 0 Å². The van der Waals surface area contributed by atoms with Gasteiger partial charge in [0.05, 0.1) is 4.92 Å². The van der Waals surface area contributed by atoms with Gasteiger partial charge in [0, 0.05) is 22.1 Å². The van der Waals surface area contributed by atoms with Crippen molar-refractivity contribution in [3.63, 3.8) is 0 Å². The van der Waals surface area contributed by atoms with Crippen LogP contribution in [0.25, 0.3) is 10.4 Å². The van der Waals surface area contributed by atoms with Crippen LogP contribution in [0.15, 0.2) is 36.4 Å². The number of benzene rings is 1. The van der Waals surface area contributed by atoms with E-state index >= 15 is 0 Å². The number of primary amides is 1.